The number of hydrogen-bond donors (Lipinski definition) is 0. The summed E-state index contributed by atoms with van der Waals surface area (Å²) in [5.74, 6) is 0.143. The maximum absolute atomic E-state index is 12.8. The molecule has 1 fully saturated rings. The molecule has 6 nitrogen and oxygen atoms in total. The van der Waals surface area contributed by atoms with E-state index in [9.17, 15) is 18.0 Å². The lowest BCUT2D eigenvalue weighted by atomic mass is 10.1. The third-order valence-electron chi connectivity index (χ3n) is 5.13. The Kier molecular flexibility index (Phi) is 8.61. The van der Waals surface area contributed by atoms with Crippen LogP contribution in [0.25, 0.3) is 0 Å². The van der Waals surface area contributed by atoms with Crippen molar-refractivity contribution >= 4 is 17.7 Å². The monoisotopic (exact) mass is 514 g/mol. The number of benzene rings is 2. The SMILES string of the molecule is CCOC(=O)COc1ccc(SCC2(COc3ccc(C(F)(F)F)cc3)COC(C)(C)O2)cc1C. The van der Waals surface area contributed by atoms with Crippen molar-refractivity contribution in [2.24, 2.45) is 0 Å². The van der Waals surface area contributed by atoms with Crippen molar-refractivity contribution in [3.63, 3.8) is 0 Å². The van der Waals surface area contributed by atoms with E-state index in [1.807, 2.05) is 19.1 Å². The quantitative estimate of drug-likeness (QED) is 0.300. The van der Waals surface area contributed by atoms with E-state index in [1.165, 1.54) is 23.9 Å². The molecule has 1 aliphatic rings. The molecule has 2 aromatic rings. The van der Waals surface area contributed by atoms with Gasteiger partial charge in [-0.05, 0) is 75.7 Å². The first-order valence-electron chi connectivity index (χ1n) is 11.1. The number of carbonyl (C=O) groups excluding carboxylic acids is 1. The molecule has 2 aromatic carbocycles. The molecule has 1 aliphatic heterocycles. The van der Waals surface area contributed by atoms with Crippen LogP contribution in [0.3, 0.4) is 0 Å². The largest absolute Gasteiger partial charge is 0.490 e. The molecule has 1 heterocycles. The number of thioether (sulfide) groups is 1. The molecule has 3 rings (SSSR count). The molecule has 192 valence electrons. The standard InChI is InChI=1S/C25H29F3O6S/c1-5-30-22(29)13-31-21-11-10-20(12-17(21)2)35-16-24(15-33-23(3,4)34-24)14-32-19-8-6-18(7-9-19)25(26,27)28/h6-12H,5,13-16H2,1-4H3. The van der Waals surface area contributed by atoms with E-state index in [0.29, 0.717) is 23.9 Å². The average Bonchev–Trinajstić information content (AvgIpc) is 3.10. The minimum Gasteiger partial charge on any atom is -0.490 e. The predicted molar refractivity (Wildman–Crippen MR) is 125 cm³/mol. The molecule has 0 aliphatic carbocycles. The Bertz CT molecular complexity index is 1010. The van der Waals surface area contributed by atoms with Gasteiger partial charge in [0.25, 0.3) is 0 Å². The Hall–Kier alpha value is -2.43. The van der Waals surface area contributed by atoms with Crippen molar-refractivity contribution in [1.82, 2.24) is 0 Å². The fourth-order valence-electron chi connectivity index (χ4n) is 3.45. The summed E-state index contributed by atoms with van der Waals surface area (Å²) in [6.45, 7) is 7.73. The molecule has 0 N–H and O–H groups in total. The van der Waals surface area contributed by atoms with Crippen molar-refractivity contribution in [2.45, 2.75) is 50.2 Å². The molecule has 0 amide bonds. The number of ether oxygens (including phenoxy) is 5. The zero-order chi connectivity index (χ0) is 25.7. The number of hydrogen-bond acceptors (Lipinski definition) is 7. The topological polar surface area (TPSA) is 63.2 Å². The number of aryl methyl sites for hydroxylation is 1. The Morgan fingerprint density at radius 3 is 2.40 bits per heavy atom. The molecular formula is C25H29F3O6S. The van der Waals surface area contributed by atoms with Crippen LogP contribution in [0.1, 0.15) is 31.9 Å². The minimum atomic E-state index is -4.40. The highest BCUT2D eigenvalue weighted by Crippen LogP contribution is 2.37. The van der Waals surface area contributed by atoms with Gasteiger partial charge in [0, 0.05) is 10.6 Å². The Balaban J connectivity index is 1.63. The second-order valence-electron chi connectivity index (χ2n) is 8.59. The van der Waals surface area contributed by atoms with Gasteiger partial charge in [0.05, 0.1) is 18.8 Å². The van der Waals surface area contributed by atoms with Crippen LogP contribution < -0.4 is 9.47 Å². The third-order valence-corrected chi connectivity index (χ3v) is 6.39. The zero-order valence-electron chi connectivity index (χ0n) is 20.1. The molecule has 0 bridgehead atoms. The summed E-state index contributed by atoms with van der Waals surface area (Å²) >= 11 is 1.53. The van der Waals surface area contributed by atoms with Gasteiger partial charge >= 0.3 is 12.1 Å². The predicted octanol–water partition coefficient (Wildman–Crippen LogP) is 5.65. The van der Waals surface area contributed by atoms with Gasteiger partial charge in [-0.25, -0.2) is 4.79 Å². The van der Waals surface area contributed by atoms with Crippen molar-refractivity contribution in [2.75, 3.05) is 32.2 Å². The summed E-state index contributed by atoms with van der Waals surface area (Å²) in [6, 6.07) is 10.2. The van der Waals surface area contributed by atoms with Crippen molar-refractivity contribution in [3.05, 3.63) is 53.6 Å². The lowest BCUT2D eigenvalue weighted by molar-refractivity contribution is -0.161. The summed E-state index contributed by atoms with van der Waals surface area (Å²) in [4.78, 5) is 12.5. The number of rotatable bonds is 10. The minimum absolute atomic E-state index is 0.106. The maximum atomic E-state index is 12.8. The van der Waals surface area contributed by atoms with Crippen LogP contribution >= 0.6 is 11.8 Å². The van der Waals surface area contributed by atoms with E-state index in [4.69, 9.17) is 23.7 Å². The molecule has 0 radical (unpaired) electrons. The molecule has 0 saturated carbocycles. The highest BCUT2D eigenvalue weighted by atomic mass is 32.2. The van der Waals surface area contributed by atoms with Crippen LogP contribution in [-0.2, 0) is 25.2 Å². The first-order valence-corrected chi connectivity index (χ1v) is 12.1. The van der Waals surface area contributed by atoms with Crippen LogP contribution in [0.5, 0.6) is 11.5 Å². The van der Waals surface area contributed by atoms with E-state index < -0.39 is 29.1 Å². The lowest BCUT2D eigenvalue weighted by Crippen LogP contribution is -2.43. The molecule has 35 heavy (non-hydrogen) atoms. The van der Waals surface area contributed by atoms with Crippen LogP contribution in [0.2, 0.25) is 0 Å². The summed E-state index contributed by atoms with van der Waals surface area (Å²) in [6.07, 6.45) is -4.40. The zero-order valence-corrected chi connectivity index (χ0v) is 20.9. The van der Waals surface area contributed by atoms with Crippen LogP contribution in [0, 0.1) is 6.92 Å². The third kappa shape index (κ3) is 7.78. The summed E-state index contributed by atoms with van der Waals surface area (Å²) in [5.41, 5.74) is -0.677. The van der Waals surface area contributed by atoms with Crippen molar-refractivity contribution < 1.29 is 41.7 Å². The Labute approximate surface area is 207 Å². The van der Waals surface area contributed by atoms with E-state index in [0.717, 1.165) is 22.6 Å². The smallest absolute Gasteiger partial charge is 0.416 e. The number of esters is 1. The Morgan fingerprint density at radius 1 is 1.11 bits per heavy atom. The van der Waals surface area contributed by atoms with Crippen molar-refractivity contribution in [1.29, 1.82) is 0 Å². The number of halogens is 3. The molecule has 0 aromatic heterocycles. The molecule has 0 spiro atoms. The van der Waals surface area contributed by atoms with E-state index in [-0.39, 0.29) is 19.8 Å². The highest BCUT2D eigenvalue weighted by molar-refractivity contribution is 7.99. The van der Waals surface area contributed by atoms with Crippen LogP contribution in [0.15, 0.2) is 47.4 Å². The van der Waals surface area contributed by atoms with Gasteiger partial charge in [0.2, 0.25) is 0 Å². The summed E-state index contributed by atoms with van der Waals surface area (Å²) < 4.78 is 66.6. The molecule has 1 atom stereocenters. The average molecular weight is 515 g/mol. The van der Waals surface area contributed by atoms with Gasteiger partial charge in [-0.3, -0.25) is 0 Å². The fourth-order valence-corrected chi connectivity index (χ4v) is 4.53. The van der Waals surface area contributed by atoms with Crippen molar-refractivity contribution in [3.8, 4) is 11.5 Å². The maximum Gasteiger partial charge on any atom is 0.416 e. The second kappa shape index (κ2) is 11.1. The highest BCUT2D eigenvalue weighted by Gasteiger charge is 2.46. The number of alkyl halides is 3. The summed E-state index contributed by atoms with van der Waals surface area (Å²) in [5, 5.41) is 0. The van der Waals surface area contributed by atoms with E-state index in [1.54, 1.807) is 26.8 Å². The molecule has 10 heteroatoms. The van der Waals surface area contributed by atoms with Gasteiger partial charge in [-0.2, -0.15) is 13.2 Å². The second-order valence-corrected chi connectivity index (χ2v) is 9.64. The molecule has 1 unspecified atom stereocenters. The summed E-state index contributed by atoms with van der Waals surface area (Å²) in [7, 11) is 0. The van der Waals surface area contributed by atoms with E-state index >= 15 is 0 Å². The van der Waals surface area contributed by atoms with Crippen LogP contribution in [0.4, 0.5) is 13.2 Å². The van der Waals surface area contributed by atoms with E-state index in [2.05, 4.69) is 0 Å². The fraction of sp³-hybridized carbons (Fsp3) is 0.480. The first-order chi connectivity index (χ1) is 16.4. The molecular weight excluding hydrogens is 485 g/mol. The van der Waals surface area contributed by atoms with Gasteiger partial charge in [-0.15, -0.1) is 11.8 Å². The first kappa shape index (κ1) is 27.2. The van der Waals surface area contributed by atoms with Gasteiger partial charge in [0.1, 0.15) is 23.7 Å². The normalized spacial score (nSPS) is 19.4. The Morgan fingerprint density at radius 2 is 1.83 bits per heavy atom. The van der Waals surface area contributed by atoms with Gasteiger partial charge in [-0.1, -0.05) is 0 Å². The van der Waals surface area contributed by atoms with Crippen LogP contribution in [-0.4, -0.2) is 49.5 Å². The van der Waals surface area contributed by atoms with Gasteiger partial charge in [0.15, 0.2) is 12.4 Å². The lowest BCUT2D eigenvalue weighted by Gasteiger charge is -2.29. The van der Waals surface area contributed by atoms with Gasteiger partial charge < -0.3 is 23.7 Å². The number of carbonyl (C=O) groups is 1. The molecule has 1 saturated heterocycles.